The van der Waals surface area contributed by atoms with Crippen molar-refractivity contribution < 1.29 is 17.9 Å². The number of benzene rings is 1. The van der Waals surface area contributed by atoms with E-state index >= 15 is 0 Å². The highest BCUT2D eigenvalue weighted by atomic mass is 35.5. The Balaban J connectivity index is 1.52. The van der Waals surface area contributed by atoms with Gasteiger partial charge in [-0.15, -0.1) is 0 Å². The number of carbonyl (C=O) groups excluding carboxylic acids is 1. The number of halogens is 1. The number of hydrogen-bond acceptors (Lipinski definition) is 5. The molecular weight excluding hydrogens is 376 g/mol. The summed E-state index contributed by atoms with van der Waals surface area (Å²) in [4.78, 5) is 14.4. The van der Waals surface area contributed by atoms with Crippen molar-refractivity contribution in [1.29, 1.82) is 0 Å². The third-order valence-corrected chi connectivity index (χ3v) is 7.06. The molecule has 2 unspecified atom stereocenters. The quantitative estimate of drug-likeness (QED) is 0.785. The van der Waals surface area contributed by atoms with Crippen LogP contribution in [0.4, 0.5) is 0 Å². The van der Waals surface area contributed by atoms with E-state index in [1.54, 1.807) is 6.07 Å². The van der Waals surface area contributed by atoms with Crippen molar-refractivity contribution in [3.63, 3.8) is 0 Å². The molecule has 144 valence electrons. The van der Waals surface area contributed by atoms with E-state index in [1.807, 2.05) is 18.2 Å². The number of carbonyl (C=O) groups is 1. The highest BCUT2D eigenvalue weighted by Crippen LogP contribution is 2.22. The molecule has 1 N–H and O–H groups in total. The number of nitrogens with one attached hydrogen (secondary N) is 1. The van der Waals surface area contributed by atoms with Gasteiger partial charge in [-0.2, -0.15) is 0 Å². The van der Waals surface area contributed by atoms with Crippen LogP contribution in [0, 0.1) is 0 Å². The van der Waals surface area contributed by atoms with E-state index in [1.165, 1.54) is 6.42 Å². The largest absolute Gasteiger partial charge is 0.367 e. The van der Waals surface area contributed by atoms with Crippen LogP contribution in [-0.4, -0.2) is 62.5 Å². The van der Waals surface area contributed by atoms with Crippen molar-refractivity contribution in [3.8, 4) is 0 Å². The third kappa shape index (κ3) is 5.19. The van der Waals surface area contributed by atoms with Crippen molar-refractivity contribution >= 4 is 27.3 Å². The van der Waals surface area contributed by atoms with Crippen LogP contribution >= 0.6 is 11.6 Å². The van der Waals surface area contributed by atoms with Gasteiger partial charge in [0.15, 0.2) is 9.84 Å². The summed E-state index contributed by atoms with van der Waals surface area (Å²) in [7, 11) is -3.12. The van der Waals surface area contributed by atoms with E-state index in [-0.39, 0.29) is 42.7 Å². The number of hydrogen-bond donors (Lipinski definition) is 1. The summed E-state index contributed by atoms with van der Waals surface area (Å²) >= 11 is 6.06. The predicted molar refractivity (Wildman–Crippen MR) is 101 cm³/mol. The second-order valence-corrected chi connectivity index (χ2v) is 9.56. The maximum atomic E-state index is 12.2. The highest BCUT2D eigenvalue weighted by molar-refractivity contribution is 7.91. The standard InChI is InChI=1S/C18H25ClN2O4S/c19-15-7-3-2-6-14(15)10-25-11-18(22)20-16-12-26(23,24)13-17(16)21-8-4-1-5-9-21/h2-3,6-7,16-17H,1,4-5,8-13H2,(H,20,22). The van der Waals surface area contributed by atoms with Crippen molar-refractivity contribution in [2.24, 2.45) is 0 Å². The number of ether oxygens (including phenoxy) is 1. The molecule has 1 aromatic rings. The Kier molecular flexibility index (Phi) is 6.55. The number of likely N-dealkylation sites (tertiary alicyclic amines) is 1. The van der Waals surface area contributed by atoms with Gasteiger partial charge in [0.05, 0.1) is 24.2 Å². The number of sulfone groups is 1. The van der Waals surface area contributed by atoms with Gasteiger partial charge in [-0.3, -0.25) is 9.69 Å². The van der Waals surface area contributed by atoms with Crippen LogP contribution in [-0.2, 0) is 26.0 Å². The summed E-state index contributed by atoms with van der Waals surface area (Å²) in [5.41, 5.74) is 0.816. The SMILES string of the molecule is O=C(COCc1ccccc1Cl)NC1CS(=O)(=O)CC1N1CCCCC1. The second kappa shape index (κ2) is 8.69. The lowest BCUT2D eigenvalue weighted by Gasteiger charge is -2.35. The molecule has 2 saturated heterocycles. The van der Waals surface area contributed by atoms with Crippen LogP contribution in [0.25, 0.3) is 0 Å². The van der Waals surface area contributed by atoms with Crippen LogP contribution in [0.2, 0.25) is 5.02 Å². The Morgan fingerprint density at radius 3 is 2.65 bits per heavy atom. The lowest BCUT2D eigenvalue weighted by molar-refractivity contribution is -0.127. The van der Waals surface area contributed by atoms with E-state index in [2.05, 4.69) is 10.2 Å². The minimum absolute atomic E-state index is 0.00439. The van der Waals surface area contributed by atoms with Crippen LogP contribution in [0.1, 0.15) is 24.8 Å². The van der Waals surface area contributed by atoms with Gasteiger partial charge >= 0.3 is 0 Å². The molecule has 0 aliphatic carbocycles. The summed E-state index contributed by atoms with van der Waals surface area (Å²) in [6.07, 6.45) is 3.35. The maximum absolute atomic E-state index is 12.2. The zero-order valence-corrected chi connectivity index (χ0v) is 16.3. The summed E-state index contributed by atoms with van der Waals surface area (Å²) in [5, 5.41) is 3.46. The Bertz CT molecular complexity index is 734. The zero-order valence-electron chi connectivity index (χ0n) is 14.7. The molecule has 2 fully saturated rings. The van der Waals surface area contributed by atoms with E-state index in [0.29, 0.717) is 5.02 Å². The Morgan fingerprint density at radius 1 is 1.19 bits per heavy atom. The monoisotopic (exact) mass is 400 g/mol. The van der Waals surface area contributed by atoms with Crippen molar-refractivity contribution in [2.75, 3.05) is 31.2 Å². The molecule has 2 aliphatic rings. The molecule has 2 heterocycles. The molecule has 1 amide bonds. The molecule has 26 heavy (non-hydrogen) atoms. The first-order chi connectivity index (χ1) is 12.4. The molecule has 0 spiro atoms. The van der Waals surface area contributed by atoms with Gasteiger partial charge in [0.2, 0.25) is 5.91 Å². The number of nitrogens with zero attached hydrogens (tertiary/aromatic N) is 1. The Labute approximate surface area is 159 Å². The first kappa shape index (κ1) is 19.6. The maximum Gasteiger partial charge on any atom is 0.246 e. The number of rotatable bonds is 6. The van der Waals surface area contributed by atoms with Crippen LogP contribution in [0.3, 0.4) is 0 Å². The van der Waals surface area contributed by atoms with Crippen LogP contribution in [0.15, 0.2) is 24.3 Å². The van der Waals surface area contributed by atoms with E-state index in [0.717, 1.165) is 31.5 Å². The smallest absolute Gasteiger partial charge is 0.246 e. The topological polar surface area (TPSA) is 75.7 Å². The minimum atomic E-state index is -3.12. The van der Waals surface area contributed by atoms with Gasteiger partial charge in [0, 0.05) is 11.1 Å². The lowest BCUT2D eigenvalue weighted by atomic mass is 10.0. The third-order valence-electron chi connectivity index (χ3n) is 4.98. The fourth-order valence-corrected chi connectivity index (χ4v) is 5.84. The zero-order chi connectivity index (χ0) is 18.6. The molecule has 0 bridgehead atoms. The van der Waals surface area contributed by atoms with Crippen LogP contribution in [0.5, 0.6) is 0 Å². The highest BCUT2D eigenvalue weighted by Gasteiger charge is 2.41. The summed E-state index contributed by atoms with van der Waals surface area (Å²) < 4.78 is 29.6. The minimum Gasteiger partial charge on any atom is -0.367 e. The first-order valence-electron chi connectivity index (χ1n) is 8.99. The molecule has 2 atom stereocenters. The first-order valence-corrected chi connectivity index (χ1v) is 11.2. The molecule has 1 aromatic carbocycles. The lowest BCUT2D eigenvalue weighted by Crippen LogP contribution is -2.53. The Morgan fingerprint density at radius 2 is 1.92 bits per heavy atom. The fraction of sp³-hybridized carbons (Fsp3) is 0.611. The summed E-state index contributed by atoms with van der Waals surface area (Å²) in [6.45, 7) is 1.92. The summed E-state index contributed by atoms with van der Waals surface area (Å²) in [5.74, 6) is -0.163. The average Bonchev–Trinajstić information content (AvgIpc) is 2.91. The molecule has 0 aromatic heterocycles. The molecule has 0 saturated carbocycles. The molecule has 6 nitrogen and oxygen atoms in total. The van der Waals surface area contributed by atoms with Crippen LogP contribution < -0.4 is 5.32 Å². The average molecular weight is 401 g/mol. The van der Waals surface area contributed by atoms with E-state index in [9.17, 15) is 13.2 Å². The molecule has 3 rings (SSSR count). The van der Waals surface area contributed by atoms with E-state index in [4.69, 9.17) is 16.3 Å². The van der Waals surface area contributed by atoms with Gasteiger partial charge in [-0.25, -0.2) is 8.42 Å². The van der Waals surface area contributed by atoms with Gasteiger partial charge in [0.25, 0.3) is 0 Å². The van der Waals surface area contributed by atoms with Gasteiger partial charge in [0.1, 0.15) is 6.61 Å². The molecular formula is C18H25ClN2O4S. The number of amides is 1. The van der Waals surface area contributed by atoms with Crippen molar-refractivity contribution in [1.82, 2.24) is 10.2 Å². The molecule has 0 radical (unpaired) electrons. The molecule has 2 aliphatic heterocycles. The predicted octanol–water partition coefficient (Wildman–Crippen LogP) is 1.62. The van der Waals surface area contributed by atoms with Gasteiger partial charge < -0.3 is 10.1 Å². The number of piperidine rings is 1. The van der Waals surface area contributed by atoms with Gasteiger partial charge in [-0.1, -0.05) is 36.2 Å². The van der Waals surface area contributed by atoms with Crippen molar-refractivity contribution in [3.05, 3.63) is 34.9 Å². The normalized spacial score (nSPS) is 25.9. The van der Waals surface area contributed by atoms with E-state index < -0.39 is 9.84 Å². The Hall–Kier alpha value is -1.15. The molecule has 8 heteroatoms. The van der Waals surface area contributed by atoms with Gasteiger partial charge in [-0.05, 0) is 37.6 Å². The van der Waals surface area contributed by atoms with Crippen molar-refractivity contribution in [2.45, 2.75) is 38.0 Å². The fourth-order valence-electron chi connectivity index (χ4n) is 3.69. The summed E-state index contributed by atoms with van der Waals surface area (Å²) in [6, 6.07) is 6.81. The second-order valence-electron chi connectivity index (χ2n) is 7.00.